The Hall–Kier alpha value is -2.14. The number of fused-ring (bicyclic) bond motifs is 1. The highest BCUT2D eigenvalue weighted by atomic mass is 16.2. The Morgan fingerprint density at radius 1 is 1.12 bits per heavy atom. The number of aromatic nitrogens is 2. The second-order valence-electron chi connectivity index (χ2n) is 12.0. The van der Waals surface area contributed by atoms with Gasteiger partial charge in [0, 0.05) is 37.8 Å². The summed E-state index contributed by atoms with van der Waals surface area (Å²) in [6.07, 6.45) is 4.85. The fraction of sp³-hybridized carbons (Fsp3) is 0.643. The van der Waals surface area contributed by atoms with Crippen LogP contribution in [0.3, 0.4) is 0 Å². The van der Waals surface area contributed by atoms with E-state index in [-0.39, 0.29) is 22.8 Å². The summed E-state index contributed by atoms with van der Waals surface area (Å²) in [6, 6.07) is 10.4. The van der Waals surface area contributed by atoms with E-state index < -0.39 is 0 Å². The molecule has 1 N–H and O–H groups in total. The van der Waals surface area contributed by atoms with Gasteiger partial charge < -0.3 is 9.88 Å². The smallest absolute Gasteiger partial charge is 0.272 e. The highest BCUT2D eigenvalue weighted by Gasteiger charge is 2.44. The predicted molar refractivity (Wildman–Crippen MR) is 135 cm³/mol. The van der Waals surface area contributed by atoms with Crippen molar-refractivity contribution in [2.45, 2.75) is 86.4 Å². The summed E-state index contributed by atoms with van der Waals surface area (Å²) in [6.45, 7) is 17.3. The normalized spacial score (nSPS) is 19.5. The van der Waals surface area contributed by atoms with Gasteiger partial charge in [-0.25, -0.2) is 4.98 Å². The van der Waals surface area contributed by atoms with Crippen LogP contribution in [0.25, 0.3) is 11.4 Å². The van der Waals surface area contributed by atoms with Gasteiger partial charge in [0.2, 0.25) is 0 Å². The molecule has 0 spiro atoms. The molecule has 1 aromatic heterocycles. The Morgan fingerprint density at radius 3 is 2.39 bits per heavy atom. The Labute approximate surface area is 200 Å². The van der Waals surface area contributed by atoms with E-state index in [2.05, 4.69) is 68.5 Å². The van der Waals surface area contributed by atoms with E-state index in [1.54, 1.807) is 0 Å². The first-order valence-corrected chi connectivity index (χ1v) is 12.8. The van der Waals surface area contributed by atoms with Gasteiger partial charge in [0.1, 0.15) is 5.82 Å². The maximum Gasteiger partial charge on any atom is 0.272 e. The van der Waals surface area contributed by atoms with E-state index in [0.717, 1.165) is 43.3 Å². The fourth-order valence-electron chi connectivity index (χ4n) is 6.19. The van der Waals surface area contributed by atoms with Crippen LogP contribution in [0.1, 0.15) is 83.4 Å². The SMILES string of the molecule is CC(C)CN1CCn2c(-c3ccccc3)nc(C(=O)NC(C(C)(C)C)C3(C)CCCC3)c2C1. The van der Waals surface area contributed by atoms with Gasteiger partial charge in [-0.2, -0.15) is 0 Å². The van der Waals surface area contributed by atoms with Crippen LogP contribution in [-0.2, 0) is 13.1 Å². The van der Waals surface area contributed by atoms with E-state index in [0.29, 0.717) is 11.6 Å². The van der Waals surface area contributed by atoms with Crippen LogP contribution in [0, 0.1) is 16.7 Å². The minimum atomic E-state index is -0.0135. The number of carbonyl (C=O) groups excluding carboxylic acids is 1. The van der Waals surface area contributed by atoms with Crippen molar-refractivity contribution in [1.82, 2.24) is 19.8 Å². The highest BCUT2D eigenvalue weighted by molar-refractivity contribution is 5.94. The van der Waals surface area contributed by atoms with Crippen molar-refractivity contribution in [2.75, 3.05) is 13.1 Å². The summed E-state index contributed by atoms with van der Waals surface area (Å²) in [7, 11) is 0. The number of amides is 1. The number of hydrogen-bond acceptors (Lipinski definition) is 3. The molecule has 1 saturated carbocycles. The highest BCUT2D eigenvalue weighted by Crippen LogP contribution is 2.46. The molecule has 1 fully saturated rings. The molecule has 1 atom stereocenters. The molecular weight excluding hydrogens is 408 g/mol. The first-order chi connectivity index (χ1) is 15.6. The maximum absolute atomic E-state index is 13.8. The zero-order valence-corrected chi connectivity index (χ0v) is 21.4. The van der Waals surface area contributed by atoms with Crippen molar-refractivity contribution >= 4 is 5.91 Å². The first-order valence-electron chi connectivity index (χ1n) is 12.8. The molecule has 4 rings (SSSR count). The van der Waals surface area contributed by atoms with Gasteiger partial charge in [-0.05, 0) is 29.6 Å². The van der Waals surface area contributed by atoms with Gasteiger partial charge >= 0.3 is 0 Å². The molecule has 0 radical (unpaired) electrons. The number of hydrogen-bond donors (Lipinski definition) is 1. The lowest BCUT2D eigenvalue weighted by molar-refractivity contribution is 0.0731. The van der Waals surface area contributed by atoms with Crippen LogP contribution in [0.2, 0.25) is 0 Å². The molecule has 180 valence electrons. The molecule has 1 unspecified atom stereocenters. The molecule has 5 heteroatoms. The first kappa shape index (κ1) is 24.0. The number of nitrogens with zero attached hydrogens (tertiary/aromatic N) is 3. The van der Waals surface area contributed by atoms with Gasteiger partial charge in [0.05, 0.1) is 5.69 Å². The van der Waals surface area contributed by atoms with Crippen LogP contribution in [0.15, 0.2) is 30.3 Å². The quantitative estimate of drug-likeness (QED) is 0.610. The minimum Gasteiger partial charge on any atom is -0.347 e. The maximum atomic E-state index is 13.8. The second-order valence-corrected chi connectivity index (χ2v) is 12.0. The van der Waals surface area contributed by atoms with Crippen LogP contribution in [0.4, 0.5) is 0 Å². The van der Waals surface area contributed by atoms with Crippen molar-refractivity contribution in [3.05, 3.63) is 41.7 Å². The van der Waals surface area contributed by atoms with Gasteiger partial charge in [-0.3, -0.25) is 9.69 Å². The second kappa shape index (κ2) is 9.25. The molecule has 1 aliphatic carbocycles. The Morgan fingerprint density at radius 2 is 1.79 bits per heavy atom. The topological polar surface area (TPSA) is 50.2 Å². The average Bonchev–Trinajstić information content (AvgIpc) is 3.35. The van der Waals surface area contributed by atoms with Crippen LogP contribution < -0.4 is 5.32 Å². The molecular formula is C28H42N4O. The third kappa shape index (κ3) is 5.03. The van der Waals surface area contributed by atoms with Crippen molar-refractivity contribution in [3.8, 4) is 11.4 Å². The van der Waals surface area contributed by atoms with E-state index in [1.165, 1.54) is 25.7 Å². The summed E-state index contributed by atoms with van der Waals surface area (Å²) >= 11 is 0. The van der Waals surface area contributed by atoms with E-state index in [1.807, 2.05) is 18.2 Å². The molecule has 0 bridgehead atoms. The van der Waals surface area contributed by atoms with Gasteiger partial charge in [0.25, 0.3) is 5.91 Å². The van der Waals surface area contributed by atoms with Crippen LogP contribution in [0.5, 0.6) is 0 Å². The predicted octanol–water partition coefficient (Wildman–Crippen LogP) is 5.75. The lowest BCUT2D eigenvalue weighted by atomic mass is 9.68. The number of rotatable bonds is 6. The zero-order chi connectivity index (χ0) is 23.8. The van der Waals surface area contributed by atoms with Crippen molar-refractivity contribution in [1.29, 1.82) is 0 Å². The molecule has 2 aromatic rings. The van der Waals surface area contributed by atoms with Crippen molar-refractivity contribution < 1.29 is 4.79 Å². The lowest BCUT2D eigenvalue weighted by Crippen LogP contribution is -2.53. The number of nitrogens with one attached hydrogen (secondary N) is 1. The van der Waals surface area contributed by atoms with Crippen LogP contribution in [-0.4, -0.2) is 39.5 Å². The van der Waals surface area contributed by atoms with Crippen molar-refractivity contribution in [2.24, 2.45) is 16.7 Å². The molecule has 0 saturated heterocycles. The number of carbonyl (C=O) groups is 1. The van der Waals surface area contributed by atoms with E-state index in [4.69, 9.17) is 4.98 Å². The summed E-state index contributed by atoms with van der Waals surface area (Å²) in [4.78, 5) is 21.3. The molecule has 1 amide bonds. The molecule has 33 heavy (non-hydrogen) atoms. The standard InChI is InChI=1S/C28H42N4O/c1-20(2)18-31-16-17-32-22(19-31)23(29-24(32)21-12-8-7-9-13-21)25(33)30-26(27(3,4)5)28(6)14-10-11-15-28/h7-9,12-13,20,26H,10-11,14-19H2,1-6H3,(H,30,33). The Bertz CT molecular complexity index is 964. The largest absolute Gasteiger partial charge is 0.347 e. The number of imidazole rings is 1. The van der Waals surface area contributed by atoms with E-state index >= 15 is 0 Å². The molecule has 5 nitrogen and oxygen atoms in total. The summed E-state index contributed by atoms with van der Waals surface area (Å²) in [5.74, 6) is 1.50. The summed E-state index contributed by atoms with van der Waals surface area (Å²) < 4.78 is 2.28. The van der Waals surface area contributed by atoms with E-state index in [9.17, 15) is 4.79 Å². The molecule has 1 aliphatic heterocycles. The zero-order valence-electron chi connectivity index (χ0n) is 21.4. The molecule has 2 heterocycles. The molecule has 2 aliphatic rings. The Balaban J connectivity index is 1.70. The summed E-state index contributed by atoms with van der Waals surface area (Å²) in [5.41, 5.74) is 2.87. The van der Waals surface area contributed by atoms with Crippen molar-refractivity contribution in [3.63, 3.8) is 0 Å². The Kier molecular flexibility index (Phi) is 6.73. The monoisotopic (exact) mass is 450 g/mol. The fourth-order valence-corrected chi connectivity index (χ4v) is 6.19. The molecule has 1 aromatic carbocycles. The third-order valence-corrected chi connectivity index (χ3v) is 7.54. The number of benzene rings is 1. The lowest BCUT2D eigenvalue weighted by Gasteiger charge is -2.43. The van der Waals surface area contributed by atoms with Gasteiger partial charge in [0.15, 0.2) is 5.69 Å². The average molecular weight is 451 g/mol. The summed E-state index contributed by atoms with van der Waals surface area (Å²) in [5, 5.41) is 3.49. The third-order valence-electron chi connectivity index (χ3n) is 7.54. The van der Waals surface area contributed by atoms with Gasteiger partial charge in [-0.1, -0.05) is 84.7 Å². The minimum absolute atomic E-state index is 0.0134. The van der Waals surface area contributed by atoms with Crippen LogP contribution >= 0.6 is 0 Å². The van der Waals surface area contributed by atoms with Gasteiger partial charge in [-0.15, -0.1) is 0 Å².